The summed E-state index contributed by atoms with van der Waals surface area (Å²) in [6.07, 6.45) is 0.677. The summed E-state index contributed by atoms with van der Waals surface area (Å²) in [5.74, 6) is -0.134. The number of nitrogens with zero attached hydrogens (tertiary/aromatic N) is 2. The number of carbonyl (C=O) groups is 1. The smallest absolute Gasteiger partial charge is 0.266 e. The number of anilines is 1. The topological polar surface area (TPSA) is 98.6 Å². The second-order valence-corrected chi connectivity index (χ2v) is 8.32. The van der Waals surface area contributed by atoms with Crippen LogP contribution in [-0.4, -0.2) is 15.9 Å². The standard InChI is InChI=1S/C24H20N4O2S/c1-14-18(15(2)26-23(30)19(14)13-25)10-11-22(29)27-17-7-5-6-16(12-17)24-28-20-8-3-4-9-21(20)31-24/h3-9,12H,10-11H2,1-2H3,(H,26,30)(H,27,29). The molecule has 1 amide bonds. The number of rotatable bonds is 5. The van der Waals surface area contributed by atoms with Gasteiger partial charge in [-0.3, -0.25) is 9.59 Å². The zero-order chi connectivity index (χ0) is 22.0. The van der Waals surface area contributed by atoms with E-state index < -0.39 is 5.56 Å². The molecule has 2 aromatic carbocycles. The fourth-order valence-electron chi connectivity index (χ4n) is 3.61. The van der Waals surface area contributed by atoms with Crippen molar-refractivity contribution in [1.29, 1.82) is 5.26 Å². The Kier molecular flexibility index (Phi) is 5.65. The molecule has 6 nitrogen and oxygen atoms in total. The molecule has 0 fully saturated rings. The summed E-state index contributed by atoms with van der Waals surface area (Å²) in [5.41, 5.74) is 4.47. The zero-order valence-electron chi connectivity index (χ0n) is 17.2. The van der Waals surface area contributed by atoms with Crippen LogP contribution in [0.4, 0.5) is 5.69 Å². The van der Waals surface area contributed by atoms with E-state index in [0.717, 1.165) is 26.4 Å². The molecule has 4 rings (SSSR count). The molecule has 0 atom stereocenters. The minimum absolute atomic E-state index is 0.101. The molecule has 154 valence electrons. The summed E-state index contributed by atoms with van der Waals surface area (Å²) < 4.78 is 1.12. The SMILES string of the molecule is Cc1[nH]c(=O)c(C#N)c(C)c1CCC(=O)Nc1cccc(-c2nc3ccccc3s2)c1. The molecule has 0 unspecified atom stereocenters. The van der Waals surface area contributed by atoms with Crippen molar-refractivity contribution in [3.8, 4) is 16.6 Å². The lowest BCUT2D eigenvalue weighted by molar-refractivity contribution is -0.116. The first kappa shape index (κ1) is 20.5. The van der Waals surface area contributed by atoms with E-state index in [-0.39, 0.29) is 17.9 Å². The number of nitrogens with one attached hydrogen (secondary N) is 2. The van der Waals surface area contributed by atoms with Crippen LogP contribution in [0.5, 0.6) is 0 Å². The Labute approximate surface area is 183 Å². The number of H-pyrrole nitrogens is 1. The van der Waals surface area contributed by atoms with E-state index in [1.165, 1.54) is 0 Å². The van der Waals surface area contributed by atoms with Gasteiger partial charge in [-0.2, -0.15) is 5.26 Å². The summed E-state index contributed by atoms with van der Waals surface area (Å²) in [5, 5.41) is 13.0. The van der Waals surface area contributed by atoms with Crippen LogP contribution in [-0.2, 0) is 11.2 Å². The molecule has 0 saturated heterocycles. The lowest BCUT2D eigenvalue weighted by atomic mass is 9.99. The van der Waals surface area contributed by atoms with E-state index >= 15 is 0 Å². The van der Waals surface area contributed by atoms with E-state index in [0.29, 0.717) is 23.4 Å². The van der Waals surface area contributed by atoms with Crippen LogP contribution in [0.1, 0.15) is 28.8 Å². The molecule has 7 heteroatoms. The number of para-hydroxylation sites is 1. The number of aromatic nitrogens is 2. The third kappa shape index (κ3) is 4.25. The number of amides is 1. The average molecular weight is 429 g/mol. The number of hydrogen-bond donors (Lipinski definition) is 2. The van der Waals surface area contributed by atoms with E-state index in [4.69, 9.17) is 0 Å². The predicted molar refractivity (Wildman–Crippen MR) is 123 cm³/mol. The predicted octanol–water partition coefficient (Wildman–Crippen LogP) is 4.71. The maximum atomic E-state index is 12.6. The van der Waals surface area contributed by atoms with Gasteiger partial charge in [0.05, 0.1) is 10.2 Å². The second kappa shape index (κ2) is 8.54. The molecule has 0 aliphatic carbocycles. The van der Waals surface area contributed by atoms with Gasteiger partial charge >= 0.3 is 0 Å². The van der Waals surface area contributed by atoms with Crippen molar-refractivity contribution < 1.29 is 4.79 Å². The van der Waals surface area contributed by atoms with Gasteiger partial charge in [-0.25, -0.2) is 4.98 Å². The maximum Gasteiger partial charge on any atom is 0.266 e. The number of hydrogen-bond acceptors (Lipinski definition) is 5. The zero-order valence-corrected chi connectivity index (χ0v) is 18.0. The summed E-state index contributed by atoms with van der Waals surface area (Å²) in [6, 6.07) is 17.6. The maximum absolute atomic E-state index is 12.6. The van der Waals surface area contributed by atoms with Crippen molar-refractivity contribution in [1.82, 2.24) is 9.97 Å². The second-order valence-electron chi connectivity index (χ2n) is 7.29. The molecule has 0 spiro atoms. The lowest BCUT2D eigenvalue weighted by Gasteiger charge is -2.11. The number of aryl methyl sites for hydroxylation is 1. The first-order valence-electron chi connectivity index (χ1n) is 9.84. The molecule has 4 aromatic rings. The van der Waals surface area contributed by atoms with Crippen LogP contribution in [0.2, 0.25) is 0 Å². The van der Waals surface area contributed by atoms with Gasteiger partial charge in [0, 0.05) is 23.4 Å². The lowest BCUT2D eigenvalue weighted by Crippen LogP contribution is -2.18. The highest BCUT2D eigenvalue weighted by Gasteiger charge is 2.14. The molecule has 0 saturated carbocycles. The summed E-state index contributed by atoms with van der Waals surface area (Å²) in [6.45, 7) is 3.53. The van der Waals surface area contributed by atoms with Gasteiger partial charge in [0.2, 0.25) is 5.91 Å². The van der Waals surface area contributed by atoms with Gasteiger partial charge in [-0.05, 0) is 55.7 Å². The van der Waals surface area contributed by atoms with Crippen molar-refractivity contribution in [3.63, 3.8) is 0 Å². The Hall–Kier alpha value is -3.76. The Balaban J connectivity index is 1.48. The normalized spacial score (nSPS) is 10.7. The largest absolute Gasteiger partial charge is 0.326 e. The molecule has 2 heterocycles. The number of aromatic amines is 1. The highest BCUT2D eigenvalue weighted by atomic mass is 32.1. The van der Waals surface area contributed by atoms with Crippen LogP contribution >= 0.6 is 11.3 Å². The van der Waals surface area contributed by atoms with Gasteiger partial charge in [0.15, 0.2) is 0 Å². The van der Waals surface area contributed by atoms with Crippen LogP contribution in [0.25, 0.3) is 20.8 Å². The fourth-order valence-corrected chi connectivity index (χ4v) is 4.57. The quantitative estimate of drug-likeness (QED) is 0.481. The van der Waals surface area contributed by atoms with E-state index in [9.17, 15) is 14.9 Å². The van der Waals surface area contributed by atoms with Crippen molar-refractivity contribution in [3.05, 3.63) is 81.3 Å². The highest BCUT2D eigenvalue weighted by Crippen LogP contribution is 2.31. The van der Waals surface area contributed by atoms with Crippen molar-refractivity contribution >= 4 is 33.1 Å². The monoisotopic (exact) mass is 428 g/mol. The first-order chi connectivity index (χ1) is 15.0. The molecule has 0 bridgehead atoms. The Morgan fingerprint density at radius 3 is 2.77 bits per heavy atom. The number of pyridine rings is 1. The van der Waals surface area contributed by atoms with Gasteiger partial charge in [-0.1, -0.05) is 24.3 Å². The van der Waals surface area contributed by atoms with Gasteiger partial charge in [0.25, 0.3) is 5.56 Å². The van der Waals surface area contributed by atoms with E-state index in [1.807, 2.05) is 54.6 Å². The number of nitriles is 1. The van der Waals surface area contributed by atoms with Crippen LogP contribution in [0.3, 0.4) is 0 Å². The molecule has 0 aliphatic heterocycles. The number of fused-ring (bicyclic) bond motifs is 1. The Bertz CT molecular complexity index is 1360. The first-order valence-corrected chi connectivity index (χ1v) is 10.7. The van der Waals surface area contributed by atoms with Gasteiger partial charge in [-0.15, -0.1) is 11.3 Å². The Morgan fingerprint density at radius 2 is 2.00 bits per heavy atom. The number of benzene rings is 2. The summed E-state index contributed by atoms with van der Waals surface area (Å²) in [7, 11) is 0. The highest BCUT2D eigenvalue weighted by molar-refractivity contribution is 7.21. The Morgan fingerprint density at radius 1 is 1.19 bits per heavy atom. The number of thiazole rings is 1. The summed E-state index contributed by atoms with van der Waals surface area (Å²) in [4.78, 5) is 31.8. The minimum atomic E-state index is -0.391. The molecule has 2 aromatic heterocycles. The fraction of sp³-hybridized carbons (Fsp3) is 0.167. The van der Waals surface area contributed by atoms with Crippen molar-refractivity contribution in [2.24, 2.45) is 0 Å². The molecule has 2 N–H and O–H groups in total. The third-order valence-electron chi connectivity index (χ3n) is 5.21. The van der Waals surface area contributed by atoms with Gasteiger partial charge in [0.1, 0.15) is 16.6 Å². The van der Waals surface area contributed by atoms with Crippen LogP contribution in [0, 0.1) is 25.2 Å². The minimum Gasteiger partial charge on any atom is -0.326 e. The summed E-state index contributed by atoms with van der Waals surface area (Å²) >= 11 is 1.61. The third-order valence-corrected chi connectivity index (χ3v) is 6.29. The number of carbonyl (C=O) groups excluding carboxylic acids is 1. The van der Waals surface area contributed by atoms with E-state index in [1.54, 1.807) is 25.2 Å². The molecule has 0 aliphatic rings. The average Bonchev–Trinajstić information content (AvgIpc) is 3.18. The van der Waals surface area contributed by atoms with Crippen LogP contribution < -0.4 is 10.9 Å². The van der Waals surface area contributed by atoms with Crippen molar-refractivity contribution in [2.75, 3.05) is 5.32 Å². The van der Waals surface area contributed by atoms with Crippen LogP contribution in [0.15, 0.2) is 53.3 Å². The van der Waals surface area contributed by atoms with Crippen molar-refractivity contribution in [2.45, 2.75) is 26.7 Å². The molecule has 31 heavy (non-hydrogen) atoms. The molecule has 0 radical (unpaired) electrons. The van der Waals surface area contributed by atoms with Gasteiger partial charge < -0.3 is 10.3 Å². The van der Waals surface area contributed by atoms with E-state index in [2.05, 4.69) is 15.3 Å². The molecular weight excluding hydrogens is 408 g/mol. The molecular formula is C24H20N4O2S.